The van der Waals surface area contributed by atoms with Crippen molar-refractivity contribution in [1.82, 2.24) is 21.4 Å². The fraction of sp³-hybridized carbons (Fsp3) is 0.300. The number of methoxy groups -OCH3 is 1. The smallest absolute Gasteiger partial charge is 0.336 e. The molecule has 0 aromatic heterocycles. The molecule has 2 heterocycles. The highest BCUT2D eigenvalue weighted by Crippen LogP contribution is 2.41. The Morgan fingerprint density at radius 1 is 0.977 bits per heavy atom. The Morgan fingerprint density at radius 2 is 1.70 bits per heavy atom. The van der Waals surface area contributed by atoms with E-state index < -0.39 is 23.7 Å². The quantitative estimate of drug-likeness (QED) is 0.233. The summed E-state index contributed by atoms with van der Waals surface area (Å²) >= 11 is 12.8. The van der Waals surface area contributed by atoms with Gasteiger partial charge < -0.3 is 25.4 Å². The molecule has 0 spiro atoms. The van der Waals surface area contributed by atoms with Crippen molar-refractivity contribution in [2.75, 3.05) is 26.8 Å². The summed E-state index contributed by atoms with van der Waals surface area (Å²) in [6.45, 7) is 3.43. The molecular formula is C30H31Cl2N5O6. The molecule has 0 saturated carbocycles. The van der Waals surface area contributed by atoms with E-state index in [9.17, 15) is 19.2 Å². The second-order valence-electron chi connectivity index (χ2n) is 9.78. The lowest BCUT2D eigenvalue weighted by atomic mass is 9.80. The van der Waals surface area contributed by atoms with E-state index in [1.54, 1.807) is 56.3 Å². The van der Waals surface area contributed by atoms with Crippen LogP contribution < -0.4 is 26.1 Å². The third-order valence-corrected chi connectivity index (χ3v) is 7.53. The average molecular weight is 629 g/mol. The summed E-state index contributed by atoms with van der Waals surface area (Å²) < 4.78 is 10.6. The minimum atomic E-state index is -0.759. The number of halogens is 2. The van der Waals surface area contributed by atoms with Crippen LogP contribution in [-0.4, -0.2) is 56.2 Å². The van der Waals surface area contributed by atoms with Crippen LogP contribution in [0.2, 0.25) is 10.0 Å². The molecule has 13 heteroatoms. The predicted molar refractivity (Wildman–Crippen MR) is 162 cm³/mol. The van der Waals surface area contributed by atoms with Gasteiger partial charge >= 0.3 is 5.97 Å². The molecule has 226 valence electrons. The van der Waals surface area contributed by atoms with Crippen molar-refractivity contribution in [2.45, 2.75) is 32.6 Å². The van der Waals surface area contributed by atoms with Crippen LogP contribution in [0.4, 0.5) is 0 Å². The van der Waals surface area contributed by atoms with E-state index in [2.05, 4.69) is 26.5 Å². The number of nitrogens with zero attached hydrogens (tertiary/aromatic N) is 1. The van der Waals surface area contributed by atoms with Crippen molar-refractivity contribution in [2.24, 2.45) is 5.10 Å². The standard InChI is InChI=1S/C30H31Cl2N5O6/c1-16-26(28(19-6-4-5-7-20(19)31)27(17(2)35-16)30(41)42-3)29(40)34-13-12-33-25(39)15-43-23-10-8-18(14-21(23)32)22-9-11-24(38)37-36-22/h4-8,10,14,28,35H,9,11-13,15H2,1-3H3,(H,33,39)(H,34,40)(H,37,38). The van der Waals surface area contributed by atoms with E-state index in [0.717, 1.165) is 5.56 Å². The van der Waals surface area contributed by atoms with Crippen LogP contribution >= 0.6 is 23.2 Å². The number of dihydropyridines is 1. The number of esters is 1. The number of hydrogen-bond donors (Lipinski definition) is 4. The minimum Gasteiger partial charge on any atom is -0.482 e. The zero-order valence-electron chi connectivity index (χ0n) is 23.8. The first kappa shape index (κ1) is 31.6. The molecule has 4 rings (SSSR count). The van der Waals surface area contributed by atoms with Crippen LogP contribution in [0.15, 0.2) is 70.1 Å². The van der Waals surface area contributed by atoms with Crippen LogP contribution in [0.25, 0.3) is 0 Å². The van der Waals surface area contributed by atoms with Gasteiger partial charge in [-0.3, -0.25) is 14.4 Å². The second kappa shape index (κ2) is 14.2. The number of benzene rings is 2. The Morgan fingerprint density at radius 3 is 2.37 bits per heavy atom. The summed E-state index contributed by atoms with van der Waals surface area (Å²) in [4.78, 5) is 49.9. The van der Waals surface area contributed by atoms with E-state index in [0.29, 0.717) is 56.9 Å². The van der Waals surface area contributed by atoms with Gasteiger partial charge in [-0.1, -0.05) is 41.4 Å². The first-order chi connectivity index (χ1) is 20.6. The molecule has 4 N–H and O–H groups in total. The van der Waals surface area contributed by atoms with Crippen molar-refractivity contribution in [1.29, 1.82) is 0 Å². The van der Waals surface area contributed by atoms with Crippen LogP contribution in [0, 0.1) is 0 Å². The highest BCUT2D eigenvalue weighted by atomic mass is 35.5. The summed E-state index contributed by atoms with van der Waals surface area (Å²) in [6.07, 6.45) is 0.842. The Hall–Kier alpha value is -4.35. The summed E-state index contributed by atoms with van der Waals surface area (Å²) in [5, 5.41) is 13.3. The molecule has 3 amide bonds. The third-order valence-electron chi connectivity index (χ3n) is 6.89. The fourth-order valence-electron chi connectivity index (χ4n) is 4.84. The molecule has 0 saturated heterocycles. The van der Waals surface area contributed by atoms with Gasteiger partial charge in [0.2, 0.25) is 11.8 Å². The summed E-state index contributed by atoms with van der Waals surface area (Å²) in [7, 11) is 1.28. The Kier molecular flexibility index (Phi) is 10.4. The average Bonchev–Trinajstić information content (AvgIpc) is 2.98. The lowest BCUT2D eigenvalue weighted by Crippen LogP contribution is -2.40. The first-order valence-electron chi connectivity index (χ1n) is 13.4. The molecule has 11 nitrogen and oxygen atoms in total. The number of hydrazone groups is 1. The molecule has 2 aliphatic heterocycles. The van der Waals surface area contributed by atoms with Crippen LogP contribution in [0.5, 0.6) is 5.75 Å². The molecule has 2 aromatic rings. The molecule has 2 aromatic carbocycles. The number of hydrogen-bond acceptors (Lipinski definition) is 8. The number of ether oxygens (including phenoxy) is 2. The van der Waals surface area contributed by atoms with Gasteiger partial charge in [0.15, 0.2) is 6.61 Å². The third kappa shape index (κ3) is 7.54. The number of amides is 3. The van der Waals surface area contributed by atoms with Crippen molar-refractivity contribution in [3.8, 4) is 5.75 Å². The highest BCUT2D eigenvalue weighted by Gasteiger charge is 2.37. The zero-order valence-corrected chi connectivity index (χ0v) is 25.3. The van der Waals surface area contributed by atoms with Crippen molar-refractivity contribution in [3.05, 3.63) is 86.2 Å². The predicted octanol–water partition coefficient (Wildman–Crippen LogP) is 3.33. The summed E-state index contributed by atoms with van der Waals surface area (Å²) in [5.41, 5.74) is 6.20. The van der Waals surface area contributed by atoms with Gasteiger partial charge in [-0.25, -0.2) is 10.2 Å². The Bertz CT molecular complexity index is 1550. The van der Waals surface area contributed by atoms with E-state index in [4.69, 9.17) is 32.7 Å². The van der Waals surface area contributed by atoms with E-state index >= 15 is 0 Å². The lowest BCUT2D eigenvalue weighted by Gasteiger charge is -2.31. The van der Waals surface area contributed by atoms with E-state index in [1.165, 1.54) is 7.11 Å². The number of nitrogens with one attached hydrogen (secondary N) is 4. The number of carbonyl (C=O) groups is 4. The normalized spacial score (nSPS) is 16.5. The number of rotatable bonds is 10. The van der Waals surface area contributed by atoms with Crippen molar-refractivity contribution < 1.29 is 28.7 Å². The molecule has 0 bridgehead atoms. The molecule has 0 radical (unpaired) electrons. The number of carbonyl (C=O) groups excluding carboxylic acids is 4. The summed E-state index contributed by atoms with van der Waals surface area (Å²) in [6, 6.07) is 12.0. The van der Waals surface area contributed by atoms with Gasteiger partial charge in [0, 0.05) is 47.9 Å². The Labute approximate surface area is 258 Å². The van der Waals surface area contributed by atoms with Crippen LogP contribution in [0.3, 0.4) is 0 Å². The van der Waals surface area contributed by atoms with Gasteiger partial charge in [0.25, 0.3) is 5.91 Å². The van der Waals surface area contributed by atoms with Crippen LogP contribution in [-0.2, 0) is 23.9 Å². The maximum Gasteiger partial charge on any atom is 0.336 e. The SMILES string of the molecule is COC(=O)C1=C(C)NC(C)=C(C(=O)NCCNC(=O)COc2ccc(C3=NNC(=O)CC3)cc2Cl)C1c1ccccc1Cl. The largest absolute Gasteiger partial charge is 0.482 e. The molecule has 1 unspecified atom stereocenters. The summed E-state index contributed by atoms with van der Waals surface area (Å²) in [5.74, 6) is -2.00. The topological polar surface area (TPSA) is 147 Å². The molecule has 0 fully saturated rings. The van der Waals surface area contributed by atoms with Crippen molar-refractivity contribution in [3.63, 3.8) is 0 Å². The van der Waals surface area contributed by atoms with Gasteiger partial charge in [-0.2, -0.15) is 5.10 Å². The molecule has 43 heavy (non-hydrogen) atoms. The van der Waals surface area contributed by atoms with Gasteiger partial charge in [-0.05, 0) is 49.2 Å². The highest BCUT2D eigenvalue weighted by molar-refractivity contribution is 6.32. The molecule has 0 aliphatic carbocycles. The fourth-order valence-corrected chi connectivity index (χ4v) is 5.32. The van der Waals surface area contributed by atoms with Gasteiger partial charge in [0.1, 0.15) is 5.75 Å². The molecule has 1 atom stereocenters. The Balaban J connectivity index is 1.33. The van der Waals surface area contributed by atoms with Gasteiger partial charge in [0.05, 0.1) is 29.3 Å². The van der Waals surface area contributed by atoms with Crippen molar-refractivity contribution >= 4 is 52.6 Å². The maximum absolute atomic E-state index is 13.4. The van der Waals surface area contributed by atoms with Crippen LogP contribution in [0.1, 0.15) is 43.7 Å². The maximum atomic E-state index is 13.4. The first-order valence-corrected chi connectivity index (χ1v) is 14.2. The molecular weight excluding hydrogens is 597 g/mol. The molecule has 2 aliphatic rings. The van der Waals surface area contributed by atoms with E-state index in [-0.39, 0.29) is 31.2 Å². The van der Waals surface area contributed by atoms with Gasteiger partial charge in [-0.15, -0.1) is 0 Å². The number of allylic oxidation sites excluding steroid dienone is 2. The zero-order chi connectivity index (χ0) is 31.1. The second-order valence-corrected chi connectivity index (χ2v) is 10.6. The minimum absolute atomic E-state index is 0.112. The lowest BCUT2D eigenvalue weighted by molar-refractivity contribution is -0.136. The monoisotopic (exact) mass is 627 g/mol. The van der Waals surface area contributed by atoms with E-state index in [1.807, 2.05) is 0 Å².